The summed E-state index contributed by atoms with van der Waals surface area (Å²) in [6.07, 6.45) is 2.02. The topological polar surface area (TPSA) is 3.01 Å². The lowest BCUT2D eigenvalue weighted by molar-refractivity contribution is 0.513. The van der Waals surface area contributed by atoms with E-state index in [-0.39, 0.29) is 5.54 Å². The van der Waals surface area contributed by atoms with Crippen LogP contribution >= 0.6 is 0 Å². The van der Waals surface area contributed by atoms with Crippen molar-refractivity contribution >= 4 is 0 Å². The highest BCUT2D eigenvalue weighted by molar-refractivity contribution is 5.28. The molecule has 1 nitrogen and oxygen atoms in total. The zero-order chi connectivity index (χ0) is 7.28. The second-order valence-electron chi connectivity index (χ2n) is 3.47. The number of hydrogen-bond donors (Lipinski definition) is 0. The van der Waals surface area contributed by atoms with Gasteiger partial charge in [0.05, 0.1) is 5.54 Å². The van der Waals surface area contributed by atoms with Crippen LogP contribution in [0.15, 0.2) is 12.7 Å². The molecule has 1 aliphatic rings. The van der Waals surface area contributed by atoms with Crippen LogP contribution in [0.3, 0.4) is 0 Å². The van der Waals surface area contributed by atoms with Crippen LogP contribution in [0.5, 0.6) is 0 Å². The van der Waals surface area contributed by atoms with Gasteiger partial charge in [-0.1, -0.05) is 6.08 Å². The zero-order valence-corrected chi connectivity index (χ0v) is 6.73. The van der Waals surface area contributed by atoms with E-state index in [0.29, 0.717) is 5.54 Å². The van der Waals surface area contributed by atoms with Crippen LogP contribution in [-0.2, 0) is 0 Å². The molecular formula is C8H15N. The first-order valence-corrected chi connectivity index (χ1v) is 3.34. The zero-order valence-electron chi connectivity index (χ0n) is 6.73. The monoisotopic (exact) mass is 125 g/mol. The summed E-state index contributed by atoms with van der Waals surface area (Å²) >= 11 is 0. The second-order valence-corrected chi connectivity index (χ2v) is 3.47. The lowest BCUT2D eigenvalue weighted by Gasteiger charge is -2.01. The molecule has 0 spiro atoms. The predicted octanol–water partition coefficient (Wildman–Crippen LogP) is 1.66. The summed E-state index contributed by atoms with van der Waals surface area (Å²) in [6, 6.07) is 0. The van der Waals surface area contributed by atoms with Gasteiger partial charge in [-0.15, -0.1) is 6.58 Å². The maximum Gasteiger partial charge on any atom is 0.0542 e. The summed E-state index contributed by atoms with van der Waals surface area (Å²) in [5, 5.41) is 0. The minimum atomic E-state index is 0.243. The molecule has 1 heteroatoms. The van der Waals surface area contributed by atoms with Crippen molar-refractivity contribution in [3.63, 3.8) is 0 Å². The van der Waals surface area contributed by atoms with Crippen LogP contribution in [0.2, 0.25) is 0 Å². The third-order valence-electron chi connectivity index (χ3n) is 3.12. The van der Waals surface area contributed by atoms with Gasteiger partial charge in [-0.3, -0.25) is 4.90 Å². The molecule has 1 rings (SSSR count). The van der Waals surface area contributed by atoms with Gasteiger partial charge in [0, 0.05) is 5.54 Å². The SMILES string of the molecule is C=CC1(C)N(C)C1(C)C. The number of rotatable bonds is 1. The molecule has 2 unspecified atom stereocenters. The summed E-state index contributed by atoms with van der Waals surface area (Å²) < 4.78 is 0. The Labute approximate surface area is 57.4 Å². The smallest absolute Gasteiger partial charge is 0.0542 e. The van der Waals surface area contributed by atoms with Crippen molar-refractivity contribution in [2.75, 3.05) is 7.05 Å². The maximum atomic E-state index is 3.80. The number of nitrogens with zero attached hydrogens (tertiary/aromatic N) is 1. The third-order valence-corrected chi connectivity index (χ3v) is 3.12. The van der Waals surface area contributed by atoms with Crippen molar-refractivity contribution in [2.24, 2.45) is 0 Å². The lowest BCUT2D eigenvalue weighted by atomic mass is 9.99. The Kier molecular flexibility index (Phi) is 1.06. The molecule has 1 saturated heterocycles. The van der Waals surface area contributed by atoms with Gasteiger partial charge in [-0.05, 0) is 27.8 Å². The van der Waals surface area contributed by atoms with Gasteiger partial charge in [0.15, 0.2) is 0 Å². The van der Waals surface area contributed by atoms with Crippen molar-refractivity contribution in [3.8, 4) is 0 Å². The lowest BCUT2D eigenvalue weighted by Crippen LogP contribution is -2.11. The Hall–Kier alpha value is -0.300. The molecule has 1 heterocycles. The van der Waals surface area contributed by atoms with Crippen LogP contribution in [-0.4, -0.2) is 23.0 Å². The van der Waals surface area contributed by atoms with E-state index in [1.165, 1.54) is 0 Å². The minimum absolute atomic E-state index is 0.243. The van der Waals surface area contributed by atoms with Gasteiger partial charge in [0.2, 0.25) is 0 Å². The molecule has 0 aliphatic carbocycles. The molecule has 9 heavy (non-hydrogen) atoms. The van der Waals surface area contributed by atoms with Gasteiger partial charge < -0.3 is 0 Å². The van der Waals surface area contributed by atoms with Gasteiger partial charge in [-0.2, -0.15) is 0 Å². The highest BCUT2D eigenvalue weighted by Crippen LogP contribution is 2.49. The summed E-state index contributed by atoms with van der Waals surface area (Å²) in [7, 11) is 2.13. The van der Waals surface area contributed by atoms with E-state index >= 15 is 0 Å². The fraction of sp³-hybridized carbons (Fsp3) is 0.750. The van der Waals surface area contributed by atoms with E-state index in [1.54, 1.807) is 0 Å². The summed E-state index contributed by atoms with van der Waals surface area (Å²) in [4.78, 5) is 2.31. The quantitative estimate of drug-likeness (QED) is 0.380. The number of likely N-dealkylation sites (N-methyl/N-ethyl adjacent to an activating group) is 1. The largest absolute Gasteiger partial charge is 0.288 e. The van der Waals surface area contributed by atoms with Crippen molar-refractivity contribution in [1.29, 1.82) is 0 Å². The Morgan fingerprint density at radius 2 is 1.67 bits per heavy atom. The number of hydrogen-bond acceptors (Lipinski definition) is 1. The van der Waals surface area contributed by atoms with E-state index in [2.05, 4.69) is 39.3 Å². The highest BCUT2D eigenvalue weighted by Gasteiger charge is 2.61. The highest BCUT2D eigenvalue weighted by atomic mass is 15.4. The van der Waals surface area contributed by atoms with Gasteiger partial charge >= 0.3 is 0 Å². The molecule has 0 radical (unpaired) electrons. The van der Waals surface area contributed by atoms with Crippen LogP contribution in [0, 0.1) is 0 Å². The predicted molar refractivity (Wildman–Crippen MR) is 40.4 cm³/mol. The Morgan fingerprint density at radius 1 is 1.33 bits per heavy atom. The van der Waals surface area contributed by atoms with Crippen LogP contribution in [0.25, 0.3) is 0 Å². The molecule has 0 bridgehead atoms. The van der Waals surface area contributed by atoms with Crippen molar-refractivity contribution in [1.82, 2.24) is 4.90 Å². The third kappa shape index (κ3) is 0.531. The molecule has 0 amide bonds. The van der Waals surface area contributed by atoms with Crippen molar-refractivity contribution in [2.45, 2.75) is 31.8 Å². The molecule has 0 aromatic carbocycles. The first kappa shape index (κ1) is 6.81. The molecule has 0 N–H and O–H groups in total. The van der Waals surface area contributed by atoms with Crippen molar-refractivity contribution in [3.05, 3.63) is 12.7 Å². The first-order chi connectivity index (χ1) is 3.97. The molecular weight excluding hydrogens is 110 g/mol. The molecule has 0 aromatic rings. The van der Waals surface area contributed by atoms with Crippen molar-refractivity contribution < 1.29 is 0 Å². The maximum absolute atomic E-state index is 3.80. The Bertz CT molecular complexity index is 149. The summed E-state index contributed by atoms with van der Waals surface area (Å²) in [5.41, 5.74) is 0.571. The van der Waals surface area contributed by atoms with E-state index < -0.39 is 0 Å². The van der Waals surface area contributed by atoms with Crippen LogP contribution < -0.4 is 0 Å². The minimum Gasteiger partial charge on any atom is -0.288 e. The Morgan fingerprint density at radius 3 is 1.67 bits per heavy atom. The fourth-order valence-electron chi connectivity index (χ4n) is 1.39. The fourth-order valence-corrected chi connectivity index (χ4v) is 1.39. The first-order valence-electron chi connectivity index (χ1n) is 3.34. The van der Waals surface area contributed by atoms with Gasteiger partial charge in [0.1, 0.15) is 0 Å². The van der Waals surface area contributed by atoms with Crippen LogP contribution in [0.1, 0.15) is 20.8 Å². The molecule has 0 saturated carbocycles. The van der Waals surface area contributed by atoms with Gasteiger partial charge in [0.25, 0.3) is 0 Å². The average molecular weight is 125 g/mol. The molecule has 52 valence electrons. The summed E-state index contributed by atoms with van der Waals surface area (Å²) in [6.45, 7) is 10.5. The van der Waals surface area contributed by atoms with Gasteiger partial charge in [-0.25, -0.2) is 0 Å². The van der Waals surface area contributed by atoms with Crippen LogP contribution in [0.4, 0.5) is 0 Å². The van der Waals surface area contributed by atoms with E-state index in [4.69, 9.17) is 0 Å². The molecule has 0 aromatic heterocycles. The van der Waals surface area contributed by atoms with E-state index in [9.17, 15) is 0 Å². The van der Waals surface area contributed by atoms with E-state index in [1.807, 2.05) is 6.08 Å². The standard InChI is InChI=1S/C8H15N/c1-6-8(4)7(2,3)9(8)5/h6H,1H2,2-5H3. The molecule has 2 atom stereocenters. The molecule has 1 aliphatic heterocycles. The molecule has 1 fully saturated rings. The average Bonchev–Trinajstić information content (AvgIpc) is 2.16. The van der Waals surface area contributed by atoms with E-state index in [0.717, 1.165) is 0 Å². The second kappa shape index (κ2) is 1.40. The normalized spacial score (nSPS) is 46.4. The Balaban J connectivity index is 2.81. The summed E-state index contributed by atoms with van der Waals surface area (Å²) in [5.74, 6) is 0.